The molecule has 0 atom stereocenters. The van der Waals surface area contributed by atoms with Crippen LogP contribution >= 0.6 is 0 Å². The third kappa shape index (κ3) is 3.99. The number of aromatic nitrogens is 3. The molecule has 1 fully saturated rings. The summed E-state index contributed by atoms with van der Waals surface area (Å²) >= 11 is 0. The number of nitrogens with one attached hydrogen (secondary N) is 1. The Morgan fingerprint density at radius 1 is 1.03 bits per heavy atom. The van der Waals surface area contributed by atoms with E-state index in [2.05, 4.69) is 15.4 Å². The molecule has 4 rings (SSSR count). The van der Waals surface area contributed by atoms with E-state index in [1.807, 2.05) is 23.4 Å². The molecule has 1 aromatic carbocycles. The number of anilines is 1. The molecule has 0 bridgehead atoms. The summed E-state index contributed by atoms with van der Waals surface area (Å²) in [6, 6.07) is 9.08. The number of fused-ring (bicyclic) bond motifs is 1. The molecule has 1 aliphatic heterocycles. The van der Waals surface area contributed by atoms with Crippen LogP contribution in [0.5, 0.6) is 0 Å². The zero-order chi connectivity index (χ0) is 20.4. The van der Waals surface area contributed by atoms with E-state index in [1.54, 1.807) is 42.7 Å². The van der Waals surface area contributed by atoms with Crippen LogP contribution in [-0.2, 0) is 0 Å². The summed E-state index contributed by atoms with van der Waals surface area (Å²) in [6.45, 7) is 5.66. The Balaban J connectivity index is 1.51. The number of hydrogen-bond donors (Lipinski definition) is 1. The predicted molar refractivity (Wildman–Crippen MR) is 112 cm³/mol. The molecule has 2 aromatic heterocycles. The standard InChI is InChI=1S/C22H25N5O2/c1-15(2)27-20-17(14-24-27)11-18(13-23-20)21(28)25-19-8-6-7-16(12-19)22(29)26-9-4-3-5-10-26/h6-8,11-15H,3-5,9-10H2,1-2H3,(H,25,28). The second kappa shape index (κ2) is 8.03. The average Bonchev–Trinajstić information content (AvgIpc) is 3.17. The van der Waals surface area contributed by atoms with E-state index in [9.17, 15) is 9.59 Å². The molecule has 3 aromatic rings. The van der Waals surface area contributed by atoms with Crippen LogP contribution in [0.2, 0.25) is 0 Å². The monoisotopic (exact) mass is 391 g/mol. The molecule has 1 saturated heterocycles. The normalized spacial score (nSPS) is 14.4. The quantitative estimate of drug-likeness (QED) is 0.732. The van der Waals surface area contributed by atoms with Gasteiger partial charge in [0, 0.05) is 42.0 Å². The van der Waals surface area contributed by atoms with E-state index in [0.29, 0.717) is 16.8 Å². The van der Waals surface area contributed by atoms with E-state index in [4.69, 9.17) is 0 Å². The Morgan fingerprint density at radius 3 is 2.59 bits per heavy atom. The lowest BCUT2D eigenvalue weighted by atomic mass is 10.1. The van der Waals surface area contributed by atoms with Crippen molar-refractivity contribution in [2.45, 2.75) is 39.2 Å². The van der Waals surface area contributed by atoms with E-state index < -0.39 is 0 Å². The highest BCUT2D eigenvalue weighted by molar-refractivity contribution is 6.06. The van der Waals surface area contributed by atoms with Gasteiger partial charge in [-0.15, -0.1) is 0 Å². The molecule has 3 heterocycles. The average molecular weight is 391 g/mol. The first-order chi connectivity index (χ1) is 14.0. The molecule has 0 saturated carbocycles. The molecule has 1 N–H and O–H groups in total. The molecule has 29 heavy (non-hydrogen) atoms. The van der Waals surface area contributed by atoms with E-state index in [-0.39, 0.29) is 17.9 Å². The SMILES string of the molecule is CC(C)n1ncc2cc(C(=O)Nc3cccc(C(=O)N4CCCCC4)c3)cnc21. The van der Waals surface area contributed by atoms with Gasteiger partial charge >= 0.3 is 0 Å². The van der Waals surface area contributed by atoms with Gasteiger partial charge in [-0.2, -0.15) is 5.10 Å². The number of carbonyl (C=O) groups is 2. The molecular weight excluding hydrogens is 366 g/mol. The Labute approximate surface area is 169 Å². The van der Waals surface area contributed by atoms with E-state index in [0.717, 1.165) is 37.0 Å². The second-order valence-corrected chi connectivity index (χ2v) is 7.71. The maximum Gasteiger partial charge on any atom is 0.257 e. The highest BCUT2D eigenvalue weighted by Crippen LogP contribution is 2.19. The molecule has 0 aliphatic carbocycles. The van der Waals surface area contributed by atoms with Crippen molar-refractivity contribution in [2.75, 3.05) is 18.4 Å². The summed E-state index contributed by atoms with van der Waals surface area (Å²) in [6.07, 6.45) is 6.54. The number of rotatable bonds is 4. The highest BCUT2D eigenvalue weighted by atomic mass is 16.2. The number of piperidine rings is 1. The first-order valence-electron chi connectivity index (χ1n) is 10.1. The Bertz CT molecular complexity index is 1050. The van der Waals surface area contributed by atoms with Crippen molar-refractivity contribution in [3.05, 3.63) is 53.9 Å². The van der Waals surface area contributed by atoms with Gasteiger partial charge in [-0.25, -0.2) is 9.67 Å². The summed E-state index contributed by atoms with van der Waals surface area (Å²) in [4.78, 5) is 31.7. The lowest BCUT2D eigenvalue weighted by molar-refractivity contribution is 0.0724. The maximum atomic E-state index is 12.7. The largest absolute Gasteiger partial charge is 0.339 e. The minimum atomic E-state index is -0.265. The van der Waals surface area contributed by atoms with Crippen molar-refractivity contribution in [3.63, 3.8) is 0 Å². The van der Waals surface area contributed by atoms with Crippen LogP contribution in [0, 0.1) is 0 Å². The molecule has 7 nitrogen and oxygen atoms in total. The van der Waals surface area contributed by atoms with Crippen molar-refractivity contribution < 1.29 is 9.59 Å². The predicted octanol–water partition coefficient (Wildman–Crippen LogP) is 3.89. The van der Waals surface area contributed by atoms with Gasteiger partial charge in [-0.3, -0.25) is 9.59 Å². The Morgan fingerprint density at radius 2 is 1.83 bits per heavy atom. The van der Waals surface area contributed by atoms with Gasteiger partial charge in [0.2, 0.25) is 0 Å². The number of pyridine rings is 1. The Kier molecular flexibility index (Phi) is 5.29. The molecule has 0 spiro atoms. The fourth-order valence-corrected chi connectivity index (χ4v) is 3.65. The van der Waals surface area contributed by atoms with Crippen LogP contribution in [0.4, 0.5) is 5.69 Å². The van der Waals surface area contributed by atoms with Crippen molar-refractivity contribution in [3.8, 4) is 0 Å². The summed E-state index contributed by atoms with van der Waals surface area (Å²) < 4.78 is 1.83. The first kappa shape index (κ1) is 19.1. The Hall–Kier alpha value is -3.22. The maximum absolute atomic E-state index is 12.7. The molecule has 0 unspecified atom stereocenters. The van der Waals surface area contributed by atoms with Crippen LogP contribution < -0.4 is 5.32 Å². The fraction of sp³-hybridized carbons (Fsp3) is 0.364. The van der Waals surface area contributed by atoms with Crippen LogP contribution in [0.15, 0.2) is 42.7 Å². The van der Waals surface area contributed by atoms with Crippen LogP contribution in [0.3, 0.4) is 0 Å². The molecular formula is C22H25N5O2. The number of amides is 2. The van der Waals surface area contributed by atoms with Crippen molar-refractivity contribution in [2.24, 2.45) is 0 Å². The number of likely N-dealkylation sites (tertiary alicyclic amines) is 1. The lowest BCUT2D eigenvalue weighted by Crippen LogP contribution is -2.35. The van der Waals surface area contributed by atoms with Crippen molar-refractivity contribution in [1.82, 2.24) is 19.7 Å². The summed E-state index contributed by atoms with van der Waals surface area (Å²) in [5.74, 6) is -0.246. The van der Waals surface area contributed by atoms with Gasteiger partial charge in [-0.05, 0) is 57.4 Å². The lowest BCUT2D eigenvalue weighted by Gasteiger charge is -2.26. The molecule has 0 radical (unpaired) electrons. The summed E-state index contributed by atoms with van der Waals surface area (Å²) in [7, 11) is 0. The van der Waals surface area contributed by atoms with Gasteiger partial charge in [0.05, 0.1) is 11.8 Å². The van der Waals surface area contributed by atoms with Gasteiger partial charge in [0.25, 0.3) is 11.8 Å². The molecule has 150 valence electrons. The van der Waals surface area contributed by atoms with Crippen molar-refractivity contribution in [1.29, 1.82) is 0 Å². The first-order valence-corrected chi connectivity index (χ1v) is 10.1. The zero-order valence-corrected chi connectivity index (χ0v) is 16.8. The zero-order valence-electron chi connectivity index (χ0n) is 16.8. The van der Waals surface area contributed by atoms with Crippen LogP contribution in [-0.4, -0.2) is 44.6 Å². The minimum absolute atomic E-state index is 0.0185. The third-order valence-electron chi connectivity index (χ3n) is 5.20. The fourth-order valence-electron chi connectivity index (χ4n) is 3.65. The topological polar surface area (TPSA) is 80.1 Å². The van der Waals surface area contributed by atoms with Gasteiger partial charge in [0.15, 0.2) is 5.65 Å². The molecule has 2 amide bonds. The number of nitrogens with zero attached hydrogens (tertiary/aromatic N) is 4. The number of carbonyl (C=O) groups excluding carboxylic acids is 2. The van der Waals surface area contributed by atoms with Gasteiger partial charge in [0.1, 0.15) is 0 Å². The highest BCUT2D eigenvalue weighted by Gasteiger charge is 2.19. The third-order valence-corrected chi connectivity index (χ3v) is 5.20. The van der Waals surface area contributed by atoms with Gasteiger partial charge in [-0.1, -0.05) is 6.07 Å². The van der Waals surface area contributed by atoms with Crippen molar-refractivity contribution >= 4 is 28.5 Å². The van der Waals surface area contributed by atoms with Crippen LogP contribution in [0.25, 0.3) is 11.0 Å². The number of hydrogen-bond acceptors (Lipinski definition) is 4. The number of benzene rings is 1. The summed E-state index contributed by atoms with van der Waals surface area (Å²) in [5.41, 5.74) is 2.39. The summed E-state index contributed by atoms with van der Waals surface area (Å²) in [5, 5.41) is 8.03. The van der Waals surface area contributed by atoms with E-state index in [1.165, 1.54) is 6.42 Å². The second-order valence-electron chi connectivity index (χ2n) is 7.71. The molecule has 1 aliphatic rings. The van der Waals surface area contributed by atoms with Gasteiger partial charge < -0.3 is 10.2 Å². The smallest absolute Gasteiger partial charge is 0.257 e. The minimum Gasteiger partial charge on any atom is -0.339 e. The van der Waals surface area contributed by atoms with Crippen LogP contribution in [0.1, 0.15) is 59.9 Å². The van der Waals surface area contributed by atoms with E-state index >= 15 is 0 Å². The molecule has 7 heteroatoms.